The molecule has 0 aliphatic rings. The molecule has 2 N–H and O–H groups in total. The fraction of sp³-hybridized carbons (Fsp3) is 0.500. The third-order valence-corrected chi connectivity index (χ3v) is 3.11. The summed E-state index contributed by atoms with van der Waals surface area (Å²) in [5.41, 5.74) is 5.58. The van der Waals surface area contributed by atoms with Gasteiger partial charge in [-0.1, -0.05) is 31.9 Å². The molecule has 2 atom stereocenters. The van der Waals surface area contributed by atoms with Gasteiger partial charge in [0.15, 0.2) is 0 Å². The van der Waals surface area contributed by atoms with Crippen molar-refractivity contribution in [1.82, 2.24) is 0 Å². The fourth-order valence-electron chi connectivity index (χ4n) is 1.55. The zero-order valence-corrected chi connectivity index (χ0v) is 10.4. The zero-order chi connectivity index (χ0) is 13.2. The van der Waals surface area contributed by atoms with E-state index in [4.69, 9.17) is 17.3 Å². The van der Waals surface area contributed by atoms with Crippen LogP contribution in [0.15, 0.2) is 18.2 Å². The van der Waals surface area contributed by atoms with Crippen LogP contribution < -0.4 is 5.73 Å². The van der Waals surface area contributed by atoms with Gasteiger partial charge in [0.1, 0.15) is 0 Å². The molecule has 0 aliphatic carbocycles. The Morgan fingerprint density at radius 1 is 1.29 bits per heavy atom. The maximum atomic E-state index is 12.6. The highest BCUT2D eigenvalue weighted by atomic mass is 35.5. The van der Waals surface area contributed by atoms with E-state index in [1.807, 2.05) is 13.8 Å². The Balaban J connectivity index is 3.14. The standard InChI is InChI=1S/C12H15ClF3N/c1-3-7(2)11(17)8-4-9(12(14,15)16)6-10(13)5-8/h4-7,11H,3,17H2,1-2H3/t7?,11-/m0/s1. The Hall–Kier alpha value is -0.740. The molecule has 5 heteroatoms. The minimum atomic E-state index is -4.39. The molecule has 0 fully saturated rings. The number of benzene rings is 1. The molecule has 1 aromatic rings. The largest absolute Gasteiger partial charge is 0.416 e. The normalized spacial score (nSPS) is 15.7. The van der Waals surface area contributed by atoms with Gasteiger partial charge >= 0.3 is 6.18 Å². The minimum absolute atomic E-state index is 0.0635. The molecule has 0 aromatic heterocycles. The Morgan fingerprint density at radius 3 is 2.35 bits per heavy atom. The first-order valence-corrected chi connectivity index (χ1v) is 5.76. The number of rotatable bonds is 3. The smallest absolute Gasteiger partial charge is 0.324 e. The Bertz CT molecular complexity index is 390. The van der Waals surface area contributed by atoms with E-state index in [1.54, 1.807) is 0 Å². The molecular weight excluding hydrogens is 251 g/mol. The van der Waals surface area contributed by atoms with Crippen LogP contribution >= 0.6 is 11.6 Å². The topological polar surface area (TPSA) is 26.0 Å². The van der Waals surface area contributed by atoms with Crippen LogP contribution in [0.3, 0.4) is 0 Å². The van der Waals surface area contributed by atoms with Gasteiger partial charge < -0.3 is 5.73 Å². The van der Waals surface area contributed by atoms with Crippen LogP contribution in [0.1, 0.15) is 37.4 Å². The Kier molecular flexibility index (Phi) is 4.44. The summed E-state index contributed by atoms with van der Waals surface area (Å²) in [6.45, 7) is 3.85. The molecule has 0 radical (unpaired) electrons. The summed E-state index contributed by atoms with van der Waals surface area (Å²) in [7, 11) is 0. The second-order valence-electron chi connectivity index (χ2n) is 4.18. The van der Waals surface area contributed by atoms with Gasteiger partial charge in [0.2, 0.25) is 0 Å². The lowest BCUT2D eigenvalue weighted by Crippen LogP contribution is -2.19. The average molecular weight is 266 g/mol. The lowest BCUT2D eigenvalue weighted by Gasteiger charge is -2.20. The molecule has 96 valence electrons. The van der Waals surface area contributed by atoms with Gasteiger partial charge in [-0.2, -0.15) is 13.2 Å². The summed E-state index contributed by atoms with van der Waals surface area (Å²) in [4.78, 5) is 0. The minimum Gasteiger partial charge on any atom is -0.324 e. The van der Waals surface area contributed by atoms with Crippen LogP contribution in [0, 0.1) is 5.92 Å². The van der Waals surface area contributed by atoms with E-state index in [1.165, 1.54) is 6.07 Å². The van der Waals surface area contributed by atoms with E-state index in [0.29, 0.717) is 5.56 Å². The fourth-order valence-corrected chi connectivity index (χ4v) is 1.79. The van der Waals surface area contributed by atoms with E-state index in [9.17, 15) is 13.2 Å². The van der Waals surface area contributed by atoms with Crippen molar-refractivity contribution in [3.63, 3.8) is 0 Å². The van der Waals surface area contributed by atoms with Gasteiger partial charge in [-0.05, 0) is 29.7 Å². The molecular formula is C12H15ClF3N. The van der Waals surface area contributed by atoms with Crippen LogP contribution in [0.25, 0.3) is 0 Å². The van der Waals surface area contributed by atoms with E-state index in [-0.39, 0.29) is 10.9 Å². The van der Waals surface area contributed by atoms with Crippen molar-refractivity contribution in [2.75, 3.05) is 0 Å². The first-order valence-electron chi connectivity index (χ1n) is 5.39. The van der Waals surface area contributed by atoms with Crippen molar-refractivity contribution < 1.29 is 13.2 Å². The number of alkyl halides is 3. The van der Waals surface area contributed by atoms with Gasteiger partial charge in [-0.3, -0.25) is 0 Å². The van der Waals surface area contributed by atoms with Gasteiger partial charge in [0.05, 0.1) is 5.56 Å². The maximum absolute atomic E-state index is 12.6. The highest BCUT2D eigenvalue weighted by molar-refractivity contribution is 6.30. The van der Waals surface area contributed by atoms with Crippen LogP contribution in [0.4, 0.5) is 13.2 Å². The first kappa shape index (κ1) is 14.3. The van der Waals surface area contributed by atoms with Gasteiger partial charge in [0, 0.05) is 11.1 Å². The van der Waals surface area contributed by atoms with Gasteiger partial charge in [-0.15, -0.1) is 0 Å². The van der Waals surface area contributed by atoms with Crippen molar-refractivity contribution >= 4 is 11.6 Å². The van der Waals surface area contributed by atoms with Crippen LogP contribution in [-0.2, 0) is 6.18 Å². The maximum Gasteiger partial charge on any atom is 0.416 e. The molecule has 0 amide bonds. The summed E-state index contributed by atoms with van der Waals surface area (Å²) in [5.74, 6) is 0.106. The SMILES string of the molecule is CCC(C)[C@H](N)c1cc(Cl)cc(C(F)(F)F)c1. The number of hydrogen-bond donors (Lipinski definition) is 1. The van der Waals surface area contributed by atoms with Crippen molar-refractivity contribution in [2.45, 2.75) is 32.5 Å². The van der Waals surface area contributed by atoms with E-state index >= 15 is 0 Å². The molecule has 1 rings (SSSR count). The summed E-state index contributed by atoms with van der Waals surface area (Å²) < 4.78 is 37.8. The molecule has 0 saturated heterocycles. The molecule has 0 heterocycles. The van der Waals surface area contributed by atoms with Gasteiger partial charge in [0.25, 0.3) is 0 Å². The third kappa shape index (κ3) is 3.61. The highest BCUT2D eigenvalue weighted by Gasteiger charge is 2.31. The van der Waals surface area contributed by atoms with Gasteiger partial charge in [-0.25, -0.2) is 0 Å². The van der Waals surface area contributed by atoms with E-state index < -0.39 is 17.8 Å². The Labute approximate surface area is 104 Å². The van der Waals surface area contributed by atoms with Crippen LogP contribution in [-0.4, -0.2) is 0 Å². The number of hydrogen-bond acceptors (Lipinski definition) is 1. The molecule has 1 aromatic carbocycles. The van der Waals surface area contributed by atoms with Crippen molar-refractivity contribution in [3.8, 4) is 0 Å². The zero-order valence-electron chi connectivity index (χ0n) is 9.68. The average Bonchev–Trinajstić information content (AvgIpc) is 2.25. The summed E-state index contributed by atoms with van der Waals surface area (Å²) in [6, 6.07) is 3.05. The van der Waals surface area contributed by atoms with Crippen molar-refractivity contribution in [2.24, 2.45) is 11.7 Å². The first-order chi connectivity index (χ1) is 7.75. The summed E-state index contributed by atoms with van der Waals surface area (Å²) >= 11 is 5.69. The van der Waals surface area contributed by atoms with Crippen LogP contribution in [0.2, 0.25) is 5.02 Å². The monoisotopic (exact) mass is 265 g/mol. The second kappa shape index (κ2) is 5.27. The van der Waals surface area contributed by atoms with E-state index in [2.05, 4.69) is 0 Å². The molecule has 0 aliphatic heterocycles. The molecule has 17 heavy (non-hydrogen) atoms. The lowest BCUT2D eigenvalue weighted by molar-refractivity contribution is -0.137. The second-order valence-corrected chi connectivity index (χ2v) is 4.62. The molecule has 1 unspecified atom stereocenters. The number of nitrogens with two attached hydrogens (primary N) is 1. The quantitative estimate of drug-likeness (QED) is 0.861. The Morgan fingerprint density at radius 2 is 1.88 bits per heavy atom. The lowest BCUT2D eigenvalue weighted by atomic mass is 9.92. The molecule has 0 spiro atoms. The summed E-state index contributed by atoms with van der Waals surface area (Å²) in [6.07, 6.45) is -3.59. The molecule has 0 bridgehead atoms. The van der Waals surface area contributed by atoms with Crippen LogP contribution in [0.5, 0.6) is 0 Å². The van der Waals surface area contributed by atoms with Crippen molar-refractivity contribution in [1.29, 1.82) is 0 Å². The predicted octanol–water partition coefficient (Wildman–Crippen LogP) is 4.40. The van der Waals surface area contributed by atoms with E-state index in [0.717, 1.165) is 18.6 Å². The highest BCUT2D eigenvalue weighted by Crippen LogP contribution is 2.34. The third-order valence-electron chi connectivity index (χ3n) is 2.89. The predicted molar refractivity (Wildman–Crippen MR) is 62.8 cm³/mol. The summed E-state index contributed by atoms with van der Waals surface area (Å²) in [5, 5.41) is 0.0635. The molecule has 0 saturated carbocycles. The van der Waals surface area contributed by atoms with Crippen molar-refractivity contribution in [3.05, 3.63) is 34.3 Å². The number of halogens is 4. The molecule has 1 nitrogen and oxygen atoms in total.